The second-order valence-corrected chi connectivity index (χ2v) is 17.4. The van der Waals surface area contributed by atoms with Crippen LogP contribution >= 0.6 is 22.6 Å². The van der Waals surface area contributed by atoms with Crippen molar-refractivity contribution < 1.29 is 0 Å². The van der Waals surface area contributed by atoms with Crippen molar-refractivity contribution in [1.29, 1.82) is 0 Å². The fraction of sp³-hybridized carbons (Fsp3) is 0.538. The summed E-state index contributed by atoms with van der Waals surface area (Å²) in [7, 11) is -2.23. The van der Waals surface area contributed by atoms with Crippen molar-refractivity contribution in [3.05, 3.63) is 33.4 Å². The van der Waals surface area contributed by atoms with Crippen molar-refractivity contribution in [2.24, 2.45) is 0 Å². The van der Waals surface area contributed by atoms with Gasteiger partial charge in [-0.1, -0.05) is 38.3 Å². The van der Waals surface area contributed by atoms with E-state index < -0.39 is 16.5 Å². The van der Waals surface area contributed by atoms with Gasteiger partial charge in [0.25, 0.3) is 0 Å². The molecule has 1 fully saturated rings. The zero-order valence-corrected chi connectivity index (χ0v) is 15.4. The molecule has 0 spiro atoms. The summed E-state index contributed by atoms with van der Waals surface area (Å²) >= 11 is 2.41. The molecule has 1 aromatic rings. The Hall–Kier alpha value is 0.344. The molecule has 4 heteroatoms. The maximum Gasteiger partial charge on any atom is 0.115 e. The van der Waals surface area contributed by atoms with Gasteiger partial charge in [-0.25, -0.2) is 0 Å². The van der Waals surface area contributed by atoms with Crippen LogP contribution in [0.25, 0.3) is 0 Å². The van der Waals surface area contributed by atoms with Gasteiger partial charge in [0.15, 0.2) is 0 Å². The van der Waals surface area contributed by atoms with Crippen molar-refractivity contribution in [2.45, 2.75) is 44.8 Å². The first-order valence-electron chi connectivity index (χ1n) is 6.33. The van der Waals surface area contributed by atoms with E-state index in [1.54, 1.807) is 0 Å². The molecular weight excluding hydrogens is 353 g/mol. The molecule has 17 heavy (non-hydrogen) atoms. The molecule has 1 nitrogen and oxygen atoms in total. The number of rotatable bonds is 2. The zero-order chi connectivity index (χ0) is 12.7. The number of hydrogen-bond donors (Lipinski definition) is 0. The predicted octanol–water partition coefficient (Wildman–Crippen LogP) is 4.52. The minimum absolute atomic E-state index is 1.11. The molecule has 0 N–H and O–H groups in total. The zero-order valence-electron chi connectivity index (χ0n) is 11.3. The van der Waals surface area contributed by atoms with Crippen molar-refractivity contribution in [2.75, 3.05) is 0 Å². The first-order chi connectivity index (χ1) is 7.81. The van der Waals surface area contributed by atoms with Gasteiger partial charge in [0, 0.05) is 10.1 Å². The molecule has 94 valence electrons. The van der Waals surface area contributed by atoms with Crippen LogP contribution in [-0.4, -0.2) is 20.7 Å². The van der Waals surface area contributed by atoms with Crippen LogP contribution in [0.3, 0.4) is 0 Å². The molecule has 0 unspecified atom stereocenters. The third-order valence-corrected chi connectivity index (χ3v) is 15.0. The number of nitrogens with zero attached hydrogens (tertiary/aromatic N) is 1. The van der Waals surface area contributed by atoms with E-state index in [0.29, 0.717) is 0 Å². The fourth-order valence-corrected chi connectivity index (χ4v) is 17.4. The van der Waals surface area contributed by atoms with Crippen LogP contribution in [0.15, 0.2) is 24.3 Å². The van der Waals surface area contributed by atoms with Crippen LogP contribution in [-0.2, 0) is 6.54 Å². The third-order valence-electron chi connectivity index (χ3n) is 4.04. The molecular formula is C13H22INSi2. The third kappa shape index (κ3) is 3.02. The average Bonchev–Trinajstić information content (AvgIpc) is 2.42. The molecule has 0 aromatic heterocycles. The molecule has 2 rings (SSSR count). The summed E-state index contributed by atoms with van der Waals surface area (Å²) in [4.78, 5) is 0. The Bertz CT molecular complexity index is 402. The number of hydrogen-bond acceptors (Lipinski definition) is 1. The highest BCUT2D eigenvalue weighted by atomic mass is 127. The van der Waals surface area contributed by atoms with Gasteiger partial charge in [-0.2, -0.15) is 0 Å². The summed E-state index contributed by atoms with van der Waals surface area (Å²) < 4.78 is 4.30. The summed E-state index contributed by atoms with van der Waals surface area (Å²) in [6, 6.07) is 12.0. The van der Waals surface area contributed by atoms with Crippen LogP contribution < -0.4 is 0 Å². The summed E-state index contributed by atoms with van der Waals surface area (Å²) in [5, 5.41) is 0. The highest BCUT2D eigenvalue weighted by Crippen LogP contribution is 2.37. The van der Waals surface area contributed by atoms with E-state index in [-0.39, 0.29) is 0 Å². The first-order valence-corrected chi connectivity index (χ1v) is 13.7. The summed E-state index contributed by atoms with van der Waals surface area (Å²) in [5.41, 5.74) is 1.50. The van der Waals surface area contributed by atoms with E-state index in [1.807, 2.05) is 0 Å². The van der Waals surface area contributed by atoms with Crippen LogP contribution in [0.2, 0.25) is 38.3 Å². The van der Waals surface area contributed by atoms with E-state index in [9.17, 15) is 0 Å². The molecule has 0 saturated carbocycles. The van der Waals surface area contributed by atoms with Gasteiger partial charge >= 0.3 is 0 Å². The molecule has 1 heterocycles. The highest BCUT2D eigenvalue weighted by Gasteiger charge is 2.46. The van der Waals surface area contributed by atoms with E-state index in [0.717, 1.165) is 0 Å². The highest BCUT2D eigenvalue weighted by molar-refractivity contribution is 14.1. The standard InChI is InChI=1S/C13H22INSi2/c1-16(2)8-9-17(3,4)15(16)11-12-6-5-7-13(14)10-12/h5-7,10H,8-9,11H2,1-4H3. The molecule has 0 amide bonds. The smallest absolute Gasteiger partial charge is 0.115 e. The summed E-state index contributed by atoms with van der Waals surface area (Å²) in [5.74, 6) is 0. The topological polar surface area (TPSA) is 3.24 Å². The van der Waals surface area contributed by atoms with Gasteiger partial charge in [0.05, 0.1) is 0 Å². The SMILES string of the molecule is C[Si]1(C)CC[Si](C)(C)N1Cc1cccc(I)c1. The van der Waals surface area contributed by atoms with Gasteiger partial charge in [0.2, 0.25) is 0 Å². The van der Waals surface area contributed by atoms with Gasteiger partial charge in [0.1, 0.15) is 16.5 Å². The molecule has 1 aliphatic heterocycles. The maximum atomic E-state index is 2.94. The van der Waals surface area contributed by atoms with E-state index in [2.05, 4.69) is 77.3 Å². The monoisotopic (exact) mass is 375 g/mol. The van der Waals surface area contributed by atoms with Crippen molar-refractivity contribution in [1.82, 2.24) is 4.23 Å². The van der Waals surface area contributed by atoms with Crippen LogP contribution in [0.1, 0.15) is 5.56 Å². The van der Waals surface area contributed by atoms with Crippen molar-refractivity contribution in [3.8, 4) is 0 Å². The van der Waals surface area contributed by atoms with Gasteiger partial charge in [-0.15, -0.1) is 0 Å². The molecule has 0 atom stereocenters. The Morgan fingerprint density at radius 2 is 1.71 bits per heavy atom. The maximum absolute atomic E-state index is 2.94. The minimum Gasteiger partial charge on any atom is -0.342 e. The van der Waals surface area contributed by atoms with Gasteiger partial charge < -0.3 is 4.23 Å². The van der Waals surface area contributed by atoms with Gasteiger partial charge in [-0.05, 0) is 52.4 Å². The Kier molecular flexibility index (Phi) is 3.88. The normalized spacial score (nSPS) is 22.9. The molecule has 1 aromatic carbocycles. The summed E-state index contributed by atoms with van der Waals surface area (Å²) in [6.07, 6.45) is 0. The second kappa shape index (κ2) is 4.79. The minimum atomic E-state index is -1.11. The van der Waals surface area contributed by atoms with E-state index in [1.165, 1.54) is 27.8 Å². The Labute approximate surface area is 121 Å². The van der Waals surface area contributed by atoms with Crippen molar-refractivity contribution in [3.63, 3.8) is 0 Å². The van der Waals surface area contributed by atoms with Crippen molar-refractivity contribution >= 4 is 39.1 Å². The predicted molar refractivity (Wildman–Crippen MR) is 89.3 cm³/mol. The second-order valence-electron chi connectivity index (χ2n) is 6.34. The lowest BCUT2D eigenvalue weighted by atomic mass is 10.2. The Balaban J connectivity index is 2.22. The molecule has 0 radical (unpaired) electrons. The van der Waals surface area contributed by atoms with Crippen LogP contribution in [0.4, 0.5) is 0 Å². The quantitative estimate of drug-likeness (QED) is 0.543. The lowest BCUT2D eigenvalue weighted by Crippen LogP contribution is -2.54. The van der Waals surface area contributed by atoms with E-state index in [4.69, 9.17) is 0 Å². The Morgan fingerprint density at radius 1 is 1.12 bits per heavy atom. The largest absolute Gasteiger partial charge is 0.342 e. The van der Waals surface area contributed by atoms with Gasteiger partial charge in [-0.3, -0.25) is 0 Å². The molecule has 0 bridgehead atoms. The first kappa shape index (κ1) is 13.8. The number of halogens is 1. The van der Waals surface area contributed by atoms with E-state index >= 15 is 0 Å². The lowest BCUT2D eigenvalue weighted by molar-refractivity contribution is 0.623. The average molecular weight is 375 g/mol. The molecule has 1 saturated heterocycles. The lowest BCUT2D eigenvalue weighted by Gasteiger charge is -2.39. The molecule has 1 aliphatic rings. The van der Waals surface area contributed by atoms with Crippen LogP contribution in [0, 0.1) is 3.57 Å². The summed E-state index contributed by atoms with van der Waals surface area (Å²) in [6.45, 7) is 11.4. The number of benzene rings is 1. The fourth-order valence-electron chi connectivity index (χ4n) is 2.95. The van der Waals surface area contributed by atoms with Crippen LogP contribution in [0.5, 0.6) is 0 Å². The Morgan fingerprint density at radius 3 is 2.24 bits per heavy atom. The molecule has 0 aliphatic carbocycles.